The van der Waals surface area contributed by atoms with Gasteiger partial charge in [-0.05, 0) is 37.0 Å². The second-order valence-electron chi connectivity index (χ2n) is 6.60. The molecule has 0 saturated heterocycles. The Morgan fingerprint density at radius 1 is 1.04 bits per heavy atom. The van der Waals surface area contributed by atoms with Crippen LogP contribution in [-0.2, 0) is 15.9 Å². The van der Waals surface area contributed by atoms with E-state index in [9.17, 15) is 5.26 Å². The molecule has 0 bridgehead atoms. The standard InChI is InChI=1S/C22H25N3O2/c1-26-22(27-2)18-12-10-17(11-13-18)19(14-23)6-3-4-7-20-8-5-9-21-15-24-16-25(20)21/h5,8-13,15-16,19,22H,3-4,6-7H2,1-2H3. The lowest BCUT2D eigenvalue weighted by atomic mass is 9.93. The van der Waals surface area contributed by atoms with Crippen LogP contribution >= 0.6 is 0 Å². The van der Waals surface area contributed by atoms with E-state index in [-0.39, 0.29) is 12.2 Å². The number of nitriles is 1. The van der Waals surface area contributed by atoms with Gasteiger partial charge in [0.25, 0.3) is 0 Å². The fourth-order valence-corrected chi connectivity index (χ4v) is 3.42. The number of imidazole rings is 1. The molecule has 5 nitrogen and oxygen atoms in total. The third kappa shape index (κ3) is 4.54. The lowest BCUT2D eigenvalue weighted by molar-refractivity contribution is -0.106. The third-order valence-corrected chi connectivity index (χ3v) is 4.90. The summed E-state index contributed by atoms with van der Waals surface area (Å²) >= 11 is 0. The van der Waals surface area contributed by atoms with Gasteiger partial charge in [-0.25, -0.2) is 4.98 Å². The van der Waals surface area contributed by atoms with Crippen LogP contribution in [0.25, 0.3) is 5.52 Å². The quantitative estimate of drug-likeness (QED) is 0.410. The number of unbranched alkanes of at least 4 members (excludes halogenated alkanes) is 1. The van der Waals surface area contributed by atoms with Crippen molar-refractivity contribution < 1.29 is 9.47 Å². The van der Waals surface area contributed by atoms with Crippen molar-refractivity contribution in [3.63, 3.8) is 0 Å². The maximum absolute atomic E-state index is 9.57. The van der Waals surface area contributed by atoms with Crippen LogP contribution in [0.2, 0.25) is 0 Å². The van der Waals surface area contributed by atoms with Crippen molar-refractivity contribution in [2.24, 2.45) is 0 Å². The van der Waals surface area contributed by atoms with Crippen molar-refractivity contribution in [1.82, 2.24) is 9.38 Å². The first-order valence-corrected chi connectivity index (χ1v) is 9.22. The first-order chi connectivity index (χ1) is 13.3. The molecule has 3 aromatic rings. The summed E-state index contributed by atoms with van der Waals surface area (Å²) < 4.78 is 12.7. The van der Waals surface area contributed by atoms with Gasteiger partial charge >= 0.3 is 0 Å². The van der Waals surface area contributed by atoms with Gasteiger partial charge in [0.1, 0.15) is 0 Å². The molecule has 5 heteroatoms. The van der Waals surface area contributed by atoms with E-state index in [2.05, 4.69) is 33.7 Å². The van der Waals surface area contributed by atoms with Gasteiger partial charge in [-0.2, -0.15) is 5.26 Å². The number of methoxy groups -OCH3 is 2. The number of hydrogen-bond acceptors (Lipinski definition) is 4. The fourth-order valence-electron chi connectivity index (χ4n) is 3.42. The minimum atomic E-state index is -0.370. The van der Waals surface area contributed by atoms with Crippen LogP contribution in [0.3, 0.4) is 0 Å². The summed E-state index contributed by atoms with van der Waals surface area (Å²) in [6.07, 6.45) is 7.24. The minimum absolute atomic E-state index is 0.0911. The molecule has 2 aromatic heterocycles. The number of fused-ring (bicyclic) bond motifs is 1. The molecule has 1 aromatic carbocycles. The molecule has 27 heavy (non-hydrogen) atoms. The molecule has 3 rings (SSSR count). The number of nitrogens with zero attached hydrogens (tertiary/aromatic N) is 3. The lowest BCUT2D eigenvalue weighted by Crippen LogP contribution is -2.04. The van der Waals surface area contributed by atoms with E-state index in [0.29, 0.717) is 0 Å². The van der Waals surface area contributed by atoms with Gasteiger partial charge in [0.05, 0.1) is 30.0 Å². The molecule has 0 aliphatic rings. The number of pyridine rings is 1. The van der Waals surface area contributed by atoms with Gasteiger partial charge in [-0.1, -0.05) is 36.8 Å². The third-order valence-electron chi connectivity index (χ3n) is 4.90. The van der Waals surface area contributed by atoms with E-state index in [1.165, 1.54) is 5.69 Å². The van der Waals surface area contributed by atoms with Crippen molar-refractivity contribution in [1.29, 1.82) is 5.26 Å². The Morgan fingerprint density at radius 2 is 1.78 bits per heavy atom. The average Bonchev–Trinajstić information content (AvgIpc) is 3.19. The molecule has 0 N–H and O–H groups in total. The van der Waals surface area contributed by atoms with Crippen LogP contribution in [0.4, 0.5) is 0 Å². The maximum Gasteiger partial charge on any atom is 0.183 e. The Morgan fingerprint density at radius 3 is 2.48 bits per heavy atom. The molecule has 0 fully saturated rings. The number of aromatic nitrogens is 2. The topological polar surface area (TPSA) is 59.5 Å². The molecule has 0 spiro atoms. The number of aryl methyl sites for hydroxylation is 1. The Balaban J connectivity index is 1.55. The van der Waals surface area contributed by atoms with Crippen LogP contribution in [0.5, 0.6) is 0 Å². The largest absolute Gasteiger partial charge is 0.352 e. The Labute approximate surface area is 160 Å². The zero-order chi connectivity index (χ0) is 19.1. The maximum atomic E-state index is 9.57. The lowest BCUT2D eigenvalue weighted by Gasteiger charge is -2.15. The van der Waals surface area contributed by atoms with Gasteiger partial charge in [-0.15, -0.1) is 0 Å². The summed E-state index contributed by atoms with van der Waals surface area (Å²) in [5, 5.41) is 9.57. The smallest absolute Gasteiger partial charge is 0.183 e. The Kier molecular flexibility index (Phi) is 6.59. The number of ether oxygens (including phenoxy) is 2. The molecule has 0 amide bonds. The second kappa shape index (κ2) is 9.31. The summed E-state index contributed by atoms with van der Waals surface area (Å²) in [5.74, 6) is -0.0911. The zero-order valence-corrected chi connectivity index (χ0v) is 15.8. The predicted octanol–water partition coefficient (Wildman–Crippen LogP) is 4.65. The molecule has 1 atom stereocenters. The van der Waals surface area contributed by atoms with Gasteiger partial charge in [0.2, 0.25) is 0 Å². The number of hydrogen-bond donors (Lipinski definition) is 0. The molecule has 0 saturated carbocycles. The molecule has 0 aliphatic carbocycles. The molecule has 2 heterocycles. The highest BCUT2D eigenvalue weighted by Gasteiger charge is 2.13. The average molecular weight is 363 g/mol. The highest BCUT2D eigenvalue weighted by molar-refractivity contribution is 5.45. The number of rotatable bonds is 9. The van der Waals surface area contributed by atoms with E-state index >= 15 is 0 Å². The highest BCUT2D eigenvalue weighted by atomic mass is 16.7. The van der Waals surface area contributed by atoms with Crippen molar-refractivity contribution in [3.05, 3.63) is 71.8 Å². The van der Waals surface area contributed by atoms with E-state index in [4.69, 9.17) is 9.47 Å². The summed E-state index contributed by atoms with van der Waals surface area (Å²) in [7, 11) is 3.23. The van der Waals surface area contributed by atoms with E-state index in [1.54, 1.807) is 14.2 Å². The molecular weight excluding hydrogens is 338 g/mol. The van der Waals surface area contributed by atoms with Crippen molar-refractivity contribution >= 4 is 5.52 Å². The molecule has 0 radical (unpaired) electrons. The summed E-state index contributed by atoms with van der Waals surface area (Å²) in [6, 6.07) is 16.6. The Bertz CT molecular complexity index is 892. The summed E-state index contributed by atoms with van der Waals surface area (Å²) in [4.78, 5) is 4.21. The highest BCUT2D eigenvalue weighted by Crippen LogP contribution is 2.25. The van der Waals surface area contributed by atoms with Crippen LogP contribution in [0.1, 0.15) is 48.3 Å². The SMILES string of the molecule is COC(OC)c1ccc(C(C#N)CCCCc2cccc3cncn23)cc1. The van der Waals surface area contributed by atoms with Crippen molar-refractivity contribution in [2.45, 2.75) is 37.9 Å². The van der Waals surface area contributed by atoms with Gasteiger partial charge in [0, 0.05) is 25.5 Å². The normalized spacial score (nSPS) is 12.4. The molecule has 1 unspecified atom stereocenters. The zero-order valence-electron chi connectivity index (χ0n) is 15.8. The Hall–Kier alpha value is -2.68. The summed E-state index contributed by atoms with van der Waals surface area (Å²) in [6.45, 7) is 0. The van der Waals surface area contributed by atoms with Crippen molar-refractivity contribution in [2.75, 3.05) is 14.2 Å². The molecule has 140 valence electrons. The van der Waals surface area contributed by atoms with E-state index in [1.807, 2.05) is 36.8 Å². The fraction of sp³-hybridized carbons (Fsp3) is 0.364. The molecule has 0 aliphatic heterocycles. The first kappa shape index (κ1) is 19.1. The van der Waals surface area contributed by atoms with Crippen LogP contribution in [0, 0.1) is 11.3 Å². The van der Waals surface area contributed by atoms with Crippen LogP contribution < -0.4 is 0 Å². The minimum Gasteiger partial charge on any atom is -0.352 e. The first-order valence-electron chi connectivity index (χ1n) is 9.22. The van der Waals surface area contributed by atoms with E-state index in [0.717, 1.165) is 42.3 Å². The van der Waals surface area contributed by atoms with Gasteiger partial charge < -0.3 is 13.9 Å². The molecular formula is C22H25N3O2. The summed E-state index contributed by atoms with van der Waals surface area (Å²) in [5.41, 5.74) is 4.37. The van der Waals surface area contributed by atoms with E-state index < -0.39 is 0 Å². The predicted molar refractivity (Wildman–Crippen MR) is 104 cm³/mol. The van der Waals surface area contributed by atoms with Gasteiger partial charge in [-0.3, -0.25) is 0 Å². The van der Waals surface area contributed by atoms with Crippen molar-refractivity contribution in [3.8, 4) is 6.07 Å². The van der Waals surface area contributed by atoms with Gasteiger partial charge in [0.15, 0.2) is 6.29 Å². The monoisotopic (exact) mass is 363 g/mol. The van der Waals surface area contributed by atoms with Crippen LogP contribution in [0.15, 0.2) is 55.0 Å². The second-order valence-corrected chi connectivity index (χ2v) is 6.60. The van der Waals surface area contributed by atoms with Crippen LogP contribution in [-0.4, -0.2) is 23.6 Å². The number of benzene rings is 1.